The molecule has 0 N–H and O–H groups in total. The summed E-state index contributed by atoms with van der Waals surface area (Å²) in [7, 11) is 0. The lowest BCUT2D eigenvalue weighted by atomic mass is 9.83. The van der Waals surface area contributed by atoms with Gasteiger partial charge >= 0.3 is 0 Å². The molecule has 1 aliphatic carbocycles. The van der Waals surface area contributed by atoms with Crippen LogP contribution in [0.25, 0.3) is 0 Å². The summed E-state index contributed by atoms with van der Waals surface area (Å²) in [6.07, 6.45) is 10.2. The Morgan fingerprint density at radius 3 is 2.82 bits per heavy atom. The molecule has 0 spiro atoms. The summed E-state index contributed by atoms with van der Waals surface area (Å²) in [5.41, 5.74) is 1.83. The predicted octanol–water partition coefficient (Wildman–Crippen LogP) is 3.51. The van der Waals surface area contributed by atoms with Crippen molar-refractivity contribution in [2.45, 2.75) is 33.1 Å². The molecule has 0 aromatic rings. The van der Waals surface area contributed by atoms with E-state index in [1.54, 1.807) is 0 Å². The van der Waals surface area contributed by atoms with E-state index in [1.807, 2.05) is 0 Å². The van der Waals surface area contributed by atoms with Crippen molar-refractivity contribution >= 4 is 0 Å². The van der Waals surface area contributed by atoms with E-state index in [0.717, 1.165) is 12.8 Å². The second-order valence-electron chi connectivity index (χ2n) is 3.92. The lowest BCUT2D eigenvalue weighted by molar-refractivity contribution is 0.478. The highest BCUT2D eigenvalue weighted by Gasteiger charge is 2.15. The van der Waals surface area contributed by atoms with Crippen LogP contribution in [0.4, 0.5) is 0 Å². The van der Waals surface area contributed by atoms with Gasteiger partial charge in [0.15, 0.2) is 0 Å². The Bertz CT molecular complexity index is 182. The Kier molecular flexibility index (Phi) is 2.53. The van der Waals surface area contributed by atoms with Crippen LogP contribution in [0.1, 0.15) is 33.1 Å². The molecular weight excluding hydrogens is 132 g/mol. The van der Waals surface area contributed by atoms with Crippen molar-refractivity contribution in [3.05, 3.63) is 30.7 Å². The highest BCUT2D eigenvalue weighted by Crippen LogP contribution is 2.30. The summed E-state index contributed by atoms with van der Waals surface area (Å²) in [6.45, 7) is 8.41. The molecule has 0 atom stereocenters. The van der Waals surface area contributed by atoms with Crippen LogP contribution in [0.3, 0.4) is 0 Å². The molecule has 0 bridgehead atoms. The third-order valence-corrected chi connectivity index (χ3v) is 2.02. The van der Waals surface area contributed by atoms with Gasteiger partial charge in [-0.1, -0.05) is 44.6 Å². The molecule has 0 saturated carbocycles. The van der Waals surface area contributed by atoms with E-state index in [2.05, 4.69) is 39.0 Å². The molecule has 1 aliphatic rings. The van der Waals surface area contributed by atoms with Crippen molar-refractivity contribution in [3.63, 3.8) is 0 Å². The molecule has 0 unspecified atom stereocenters. The maximum absolute atomic E-state index is 3.85. The molecule has 0 aromatic carbocycles. The SMILES string of the molecule is [CH2]CCC1=CC(C)(C)CC=C1. The van der Waals surface area contributed by atoms with Gasteiger partial charge in [-0.05, 0) is 24.7 Å². The van der Waals surface area contributed by atoms with Gasteiger partial charge in [-0.3, -0.25) is 0 Å². The van der Waals surface area contributed by atoms with Gasteiger partial charge in [-0.15, -0.1) is 0 Å². The highest BCUT2D eigenvalue weighted by atomic mass is 14.2. The Labute approximate surface area is 70.0 Å². The van der Waals surface area contributed by atoms with Gasteiger partial charge in [-0.25, -0.2) is 0 Å². The topological polar surface area (TPSA) is 0 Å². The zero-order chi connectivity index (χ0) is 8.32. The zero-order valence-electron chi connectivity index (χ0n) is 7.56. The van der Waals surface area contributed by atoms with Gasteiger partial charge in [0.05, 0.1) is 0 Å². The second kappa shape index (κ2) is 3.25. The molecule has 0 fully saturated rings. The maximum Gasteiger partial charge on any atom is -0.0134 e. The van der Waals surface area contributed by atoms with Crippen molar-refractivity contribution in [1.82, 2.24) is 0 Å². The summed E-state index contributed by atoms with van der Waals surface area (Å²) in [5, 5.41) is 0. The molecule has 0 nitrogen and oxygen atoms in total. The van der Waals surface area contributed by atoms with E-state index in [1.165, 1.54) is 12.0 Å². The minimum absolute atomic E-state index is 0.374. The molecule has 0 aromatic heterocycles. The third-order valence-electron chi connectivity index (χ3n) is 2.02. The number of hydrogen-bond donors (Lipinski definition) is 0. The molecule has 61 valence electrons. The average Bonchev–Trinajstić information content (AvgIpc) is 1.85. The van der Waals surface area contributed by atoms with Gasteiger partial charge in [0, 0.05) is 0 Å². The predicted molar refractivity (Wildman–Crippen MR) is 50.2 cm³/mol. The first-order valence-corrected chi connectivity index (χ1v) is 4.31. The van der Waals surface area contributed by atoms with Gasteiger partial charge in [0.1, 0.15) is 0 Å². The van der Waals surface area contributed by atoms with E-state index in [-0.39, 0.29) is 0 Å². The lowest BCUT2D eigenvalue weighted by Gasteiger charge is -2.23. The fourth-order valence-electron chi connectivity index (χ4n) is 1.48. The van der Waals surface area contributed by atoms with Gasteiger partial charge in [0.25, 0.3) is 0 Å². The summed E-state index contributed by atoms with van der Waals surface area (Å²) in [6, 6.07) is 0. The molecule has 0 saturated heterocycles. The smallest absolute Gasteiger partial charge is 0.0134 e. The van der Waals surface area contributed by atoms with E-state index in [9.17, 15) is 0 Å². The number of rotatable bonds is 2. The molecule has 1 radical (unpaired) electrons. The first-order chi connectivity index (χ1) is 5.14. The van der Waals surface area contributed by atoms with Crippen molar-refractivity contribution < 1.29 is 0 Å². The number of hydrogen-bond acceptors (Lipinski definition) is 0. The van der Waals surface area contributed by atoms with Crippen LogP contribution in [0.15, 0.2) is 23.8 Å². The summed E-state index contributed by atoms with van der Waals surface area (Å²) in [5.74, 6) is 0. The Morgan fingerprint density at radius 1 is 1.55 bits per heavy atom. The van der Waals surface area contributed by atoms with Crippen LogP contribution in [0.5, 0.6) is 0 Å². The van der Waals surface area contributed by atoms with Crippen molar-refractivity contribution in [1.29, 1.82) is 0 Å². The van der Waals surface area contributed by atoms with Crippen LogP contribution in [0, 0.1) is 12.3 Å². The monoisotopic (exact) mass is 149 g/mol. The standard InChI is InChI=1S/C11H17/c1-4-6-10-7-5-8-11(2,3)9-10/h5,7,9H,1,4,6,8H2,2-3H3. The Hall–Kier alpha value is -0.520. The van der Waals surface area contributed by atoms with Crippen LogP contribution in [-0.2, 0) is 0 Å². The Balaban J connectivity index is 2.64. The molecule has 11 heavy (non-hydrogen) atoms. The number of allylic oxidation sites excluding steroid dienone is 4. The molecule has 0 heterocycles. The van der Waals surface area contributed by atoms with Crippen molar-refractivity contribution in [3.8, 4) is 0 Å². The molecule has 0 aliphatic heterocycles. The van der Waals surface area contributed by atoms with E-state index >= 15 is 0 Å². The van der Waals surface area contributed by atoms with Crippen molar-refractivity contribution in [2.75, 3.05) is 0 Å². The molecular formula is C11H17. The quantitative estimate of drug-likeness (QED) is 0.563. The maximum atomic E-state index is 3.85. The van der Waals surface area contributed by atoms with Gasteiger partial charge in [0.2, 0.25) is 0 Å². The minimum Gasteiger partial charge on any atom is -0.0834 e. The van der Waals surface area contributed by atoms with Crippen LogP contribution >= 0.6 is 0 Å². The fraction of sp³-hybridized carbons (Fsp3) is 0.545. The van der Waals surface area contributed by atoms with Crippen molar-refractivity contribution in [2.24, 2.45) is 5.41 Å². The zero-order valence-corrected chi connectivity index (χ0v) is 7.56. The van der Waals surface area contributed by atoms with E-state index in [4.69, 9.17) is 0 Å². The molecule has 0 amide bonds. The molecule has 1 rings (SSSR count). The first kappa shape index (κ1) is 8.58. The van der Waals surface area contributed by atoms with E-state index < -0.39 is 0 Å². The summed E-state index contributed by atoms with van der Waals surface area (Å²) >= 11 is 0. The molecule has 0 heteroatoms. The van der Waals surface area contributed by atoms with Crippen LogP contribution < -0.4 is 0 Å². The highest BCUT2D eigenvalue weighted by molar-refractivity contribution is 5.26. The van der Waals surface area contributed by atoms with Gasteiger partial charge < -0.3 is 0 Å². The van der Waals surface area contributed by atoms with E-state index in [0.29, 0.717) is 5.41 Å². The average molecular weight is 149 g/mol. The fourth-order valence-corrected chi connectivity index (χ4v) is 1.48. The lowest BCUT2D eigenvalue weighted by Crippen LogP contribution is -2.09. The summed E-state index contributed by atoms with van der Waals surface area (Å²) < 4.78 is 0. The second-order valence-corrected chi connectivity index (χ2v) is 3.92. The largest absolute Gasteiger partial charge is 0.0834 e. The Morgan fingerprint density at radius 2 is 2.27 bits per heavy atom. The summed E-state index contributed by atoms with van der Waals surface area (Å²) in [4.78, 5) is 0. The van der Waals surface area contributed by atoms with Crippen LogP contribution in [0.2, 0.25) is 0 Å². The normalized spacial score (nSPS) is 21.5. The minimum atomic E-state index is 0.374. The first-order valence-electron chi connectivity index (χ1n) is 4.31. The van der Waals surface area contributed by atoms with Gasteiger partial charge in [-0.2, -0.15) is 0 Å². The van der Waals surface area contributed by atoms with Crippen LogP contribution in [-0.4, -0.2) is 0 Å². The third kappa shape index (κ3) is 2.53.